The number of amides is 1. The Bertz CT molecular complexity index is 497. The van der Waals surface area contributed by atoms with Crippen molar-refractivity contribution in [3.63, 3.8) is 0 Å². The number of alkyl carbamates (subject to hydrolysis) is 1. The molecule has 1 atom stereocenters. The van der Waals surface area contributed by atoms with Crippen LogP contribution in [0.25, 0.3) is 0 Å². The topological polar surface area (TPSA) is 69.7 Å². The zero-order chi connectivity index (χ0) is 16.8. The third-order valence-corrected chi connectivity index (χ3v) is 2.99. The van der Waals surface area contributed by atoms with Crippen LogP contribution >= 0.6 is 0 Å². The number of carbonyl (C=O) groups is 1. The highest BCUT2D eigenvalue weighted by molar-refractivity contribution is 5.68. The number of carbonyl (C=O) groups excluding carboxylic acids is 1. The van der Waals surface area contributed by atoms with E-state index < -0.39 is 11.7 Å². The van der Waals surface area contributed by atoms with Gasteiger partial charge in [0.05, 0.1) is 19.9 Å². The Morgan fingerprint density at radius 3 is 2.45 bits per heavy atom. The van der Waals surface area contributed by atoms with Gasteiger partial charge in [-0.25, -0.2) is 9.78 Å². The van der Waals surface area contributed by atoms with Crippen LogP contribution in [0, 0.1) is 0 Å². The second kappa shape index (κ2) is 7.87. The SMILES string of the molecule is CCC(Cc1nc(OC)ccc1OC)NC(=O)OC(C)(C)C. The molecule has 0 spiro atoms. The molecule has 1 heterocycles. The minimum Gasteiger partial charge on any atom is -0.495 e. The van der Waals surface area contributed by atoms with E-state index in [0.29, 0.717) is 18.1 Å². The number of aromatic nitrogens is 1. The fraction of sp³-hybridized carbons (Fsp3) is 0.625. The van der Waals surface area contributed by atoms with Crippen molar-refractivity contribution in [1.82, 2.24) is 10.3 Å². The van der Waals surface area contributed by atoms with Crippen LogP contribution in [0.2, 0.25) is 0 Å². The molecular weight excluding hydrogens is 284 g/mol. The van der Waals surface area contributed by atoms with E-state index in [1.165, 1.54) is 0 Å². The van der Waals surface area contributed by atoms with Crippen molar-refractivity contribution in [3.05, 3.63) is 17.8 Å². The van der Waals surface area contributed by atoms with Crippen LogP contribution in [-0.2, 0) is 11.2 Å². The van der Waals surface area contributed by atoms with E-state index in [9.17, 15) is 4.79 Å². The Balaban J connectivity index is 2.79. The molecule has 1 N–H and O–H groups in total. The molecule has 0 aliphatic rings. The number of nitrogens with one attached hydrogen (secondary N) is 1. The molecule has 1 aromatic heterocycles. The molecule has 6 nitrogen and oxygen atoms in total. The number of hydrogen-bond donors (Lipinski definition) is 1. The van der Waals surface area contributed by atoms with E-state index in [1.807, 2.05) is 27.7 Å². The van der Waals surface area contributed by atoms with Gasteiger partial charge in [-0.05, 0) is 33.3 Å². The van der Waals surface area contributed by atoms with Crippen molar-refractivity contribution in [2.24, 2.45) is 0 Å². The van der Waals surface area contributed by atoms with Crippen LogP contribution in [0.4, 0.5) is 4.79 Å². The largest absolute Gasteiger partial charge is 0.495 e. The molecule has 22 heavy (non-hydrogen) atoms. The van der Waals surface area contributed by atoms with Gasteiger partial charge >= 0.3 is 6.09 Å². The number of pyridine rings is 1. The second-order valence-electron chi connectivity index (χ2n) is 5.96. The monoisotopic (exact) mass is 310 g/mol. The molecule has 1 amide bonds. The van der Waals surface area contributed by atoms with Crippen molar-refractivity contribution in [2.45, 2.75) is 52.2 Å². The van der Waals surface area contributed by atoms with Crippen molar-refractivity contribution < 1.29 is 19.0 Å². The van der Waals surface area contributed by atoms with Gasteiger partial charge in [0, 0.05) is 18.5 Å². The molecule has 0 radical (unpaired) electrons. The summed E-state index contributed by atoms with van der Waals surface area (Å²) in [6, 6.07) is 3.45. The number of hydrogen-bond acceptors (Lipinski definition) is 5. The van der Waals surface area contributed by atoms with Crippen molar-refractivity contribution in [3.8, 4) is 11.6 Å². The lowest BCUT2D eigenvalue weighted by Gasteiger charge is -2.23. The average molecular weight is 310 g/mol. The molecule has 0 saturated carbocycles. The molecule has 6 heteroatoms. The maximum Gasteiger partial charge on any atom is 0.407 e. The van der Waals surface area contributed by atoms with Gasteiger partial charge in [0.25, 0.3) is 0 Å². The van der Waals surface area contributed by atoms with Gasteiger partial charge in [0.15, 0.2) is 0 Å². The van der Waals surface area contributed by atoms with Gasteiger partial charge in [-0.3, -0.25) is 0 Å². The molecule has 0 aromatic carbocycles. The molecule has 1 unspecified atom stereocenters. The van der Waals surface area contributed by atoms with E-state index >= 15 is 0 Å². The van der Waals surface area contributed by atoms with Gasteiger partial charge in [-0.15, -0.1) is 0 Å². The number of methoxy groups -OCH3 is 2. The Labute approximate surface area is 132 Å². The van der Waals surface area contributed by atoms with E-state index in [2.05, 4.69) is 10.3 Å². The Morgan fingerprint density at radius 1 is 1.27 bits per heavy atom. The Kier molecular flexibility index (Phi) is 6.46. The summed E-state index contributed by atoms with van der Waals surface area (Å²) in [5, 5.41) is 2.86. The summed E-state index contributed by atoms with van der Waals surface area (Å²) < 4.78 is 15.7. The maximum absolute atomic E-state index is 11.9. The summed E-state index contributed by atoms with van der Waals surface area (Å²) in [6.45, 7) is 7.50. The summed E-state index contributed by atoms with van der Waals surface area (Å²) in [7, 11) is 3.16. The van der Waals surface area contributed by atoms with Crippen molar-refractivity contribution in [2.75, 3.05) is 14.2 Å². The molecule has 1 rings (SSSR count). The van der Waals surface area contributed by atoms with Crippen molar-refractivity contribution in [1.29, 1.82) is 0 Å². The van der Waals surface area contributed by atoms with Gasteiger partial charge in [0.1, 0.15) is 11.4 Å². The van der Waals surface area contributed by atoms with Gasteiger partial charge in [-0.1, -0.05) is 6.92 Å². The van der Waals surface area contributed by atoms with Gasteiger partial charge in [0.2, 0.25) is 5.88 Å². The highest BCUT2D eigenvalue weighted by atomic mass is 16.6. The van der Waals surface area contributed by atoms with Crippen LogP contribution in [-0.4, -0.2) is 36.9 Å². The zero-order valence-electron chi connectivity index (χ0n) is 14.2. The first-order valence-electron chi connectivity index (χ1n) is 7.36. The lowest BCUT2D eigenvalue weighted by Crippen LogP contribution is -2.40. The van der Waals surface area contributed by atoms with Crippen LogP contribution in [0.3, 0.4) is 0 Å². The second-order valence-corrected chi connectivity index (χ2v) is 5.96. The first-order valence-corrected chi connectivity index (χ1v) is 7.36. The lowest BCUT2D eigenvalue weighted by atomic mass is 10.1. The predicted molar refractivity (Wildman–Crippen MR) is 84.5 cm³/mol. The smallest absolute Gasteiger partial charge is 0.407 e. The average Bonchev–Trinajstić information content (AvgIpc) is 2.44. The standard InChI is InChI=1S/C16H26N2O4/c1-7-11(17-15(19)22-16(2,3)4)10-12-13(20-5)8-9-14(18-12)21-6/h8-9,11H,7,10H2,1-6H3,(H,17,19). The van der Waals surface area contributed by atoms with Crippen LogP contribution < -0.4 is 14.8 Å². The fourth-order valence-corrected chi connectivity index (χ4v) is 1.92. The molecule has 0 fully saturated rings. The molecule has 0 aliphatic carbocycles. The van der Waals surface area contributed by atoms with Crippen LogP contribution in [0.15, 0.2) is 12.1 Å². The minimum atomic E-state index is -0.520. The fourth-order valence-electron chi connectivity index (χ4n) is 1.92. The molecule has 0 aliphatic heterocycles. The maximum atomic E-state index is 11.9. The van der Waals surface area contributed by atoms with Crippen LogP contribution in [0.5, 0.6) is 11.6 Å². The summed E-state index contributed by atoms with van der Waals surface area (Å²) >= 11 is 0. The van der Waals surface area contributed by atoms with E-state index in [-0.39, 0.29) is 6.04 Å². The lowest BCUT2D eigenvalue weighted by molar-refractivity contribution is 0.0502. The first kappa shape index (κ1) is 18.1. The van der Waals surface area contributed by atoms with Crippen LogP contribution in [0.1, 0.15) is 39.8 Å². The normalized spacial score (nSPS) is 12.5. The Morgan fingerprint density at radius 2 is 1.95 bits per heavy atom. The quantitative estimate of drug-likeness (QED) is 0.875. The van der Waals surface area contributed by atoms with Gasteiger partial charge in [-0.2, -0.15) is 0 Å². The number of nitrogens with zero attached hydrogens (tertiary/aromatic N) is 1. The first-order chi connectivity index (χ1) is 10.3. The Hall–Kier alpha value is -1.98. The van der Waals surface area contributed by atoms with E-state index in [0.717, 1.165) is 12.1 Å². The summed E-state index contributed by atoms with van der Waals surface area (Å²) in [5.41, 5.74) is 0.221. The van der Waals surface area contributed by atoms with Gasteiger partial charge < -0.3 is 19.5 Å². The van der Waals surface area contributed by atoms with E-state index in [1.54, 1.807) is 26.4 Å². The summed E-state index contributed by atoms with van der Waals surface area (Å²) in [5.74, 6) is 1.19. The summed E-state index contributed by atoms with van der Waals surface area (Å²) in [4.78, 5) is 16.3. The van der Waals surface area contributed by atoms with Crippen molar-refractivity contribution >= 4 is 6.09 Å². The predicted octanol–water partition coefficient (Wildman–Crippen LogP) is 2.94. The van der Waals surface area contributed by atoms with E-state index in [4.69, 9.17) is 14.2 Å². The number of ether oxygens (including phenoxy) is 3. The highest BCUT2D eigenvalue weighted by Crippen LogP contribution is 2.22. The summed E-state index contributed by atoms with van der Waals surface area (Å²) in [6.07, 6.45) is 0.860. The molecule has 0 saturated heterocycles. The molecule has 124 valence electrons. The number of rotatable bonds is 6. The molecule has 0 bridgehead atoms. The molecular formula is C16H26N2O4. The highest BCUT2D eigenvalue weighted by Gasteiger charge is 2.20. The third kappa shape index (κ3) is 5.79. The molecule has 1 aromatic rings. The zero-order valence-corrected chi connectivity index (χ0v) is 14.2. The minimum absolute atomic E-state index is 0.0941. The third-order valence-electron chi connectivity index (χ3n) is 2.99.